The van der Waals surface area contributed by atoms with Gasteiger partial charge in [0.1, 0.15) is 59.4 Å². The van der Waals surface area contributed by atoms with Crippen LogP contribution in [0, 0.1) is 47.3 Å². The van der Waals surface area contributed by atoms with Crippen LogP contribution in [0.4, 0.5) is 0 Å². The van der Waals surface area contributed by atoms with Crippen molar-refractivity contribution in [3.8, 4) is 0 Å². The number of likely N-dealkylation sites (N-methyl/N-ethyl adjacent to an activating group) is 2. The van der Waals surface area contributed by atoms with E-state index in [2.05, 4.69) is 18.7 Å². The maximum absolute atomic E-state index is 14.1. The molecule has 7 heterocycles. The van der Waals surface area contributed by atoms with Crippen molar-refractivity contribution in [3.63, 3.8) is 0 Å². The van der Waals surface area contributed by atoms with Gasteiger partial charge in [0.2, 0.25) is 0 Å². The molecule has 582 valence electrons. The summed E-state index contributed by atoms with van der Waals surface area (Å²) in [4.78, 5) is 46.0. The lowest BCUT2D eigenvalue weighted by molar-refractivity contribution is -0.318. The molecule has 0 amide bonds. The van der Waals surface area contributed by atoms with E-state index in [9.17, 15) is 50.1 Å². The lowest BCUT2D eigenvalue weighted by atomic mass is 9.74. The van der Waals surface area contributed by atoms with Gasteiger partial charge in [0.15, 0.2) is 25.2 Å². The summed E-state index contributed by atoms with van der Waals surface area (Å²) in [6, 6.07) is -0.487. The van der Waals surface area contributed by atoms with Gasteiger partial charge < -0.3 is 107 Å². The summed E-state index contributed by atoms with van der Waals surface area (Å²) in [5, 5.41) is 80.9. The maximum Gasteiger partial charge on any atom is 0.311 e. The summed E-state index contributed by atoms with van der Waals surface area (Å²) in [7, 11) is 8.88. The average Bonchev–Trinajstić information content (AvgIpc) is 1.57. The Labute approximate surface area is 597 Å². The van der Waals surface area contributed by atoms with Gasteiger partial charge in [0, 0.05) is 87.5 Å². The Kier molecular flexibility index (Phi) is 30.2. The van der Waals surface area contributed by atoms with Crippen LogP contribution in [0.2, 0.25) is 0 Å². The molecule has 0 radical (unpaired) electrons. The minimum Gasteiger partial charge on any atom is -0.489 e. The summed E-state index contributed by atoms with van der Waals surface area (Å²) >= 11 is 0. The molecule has 7 aliphatic rings. The molecule has 100 heavy (non-hydrogen) atoms. The molecule has 0 saturated carbocycles. The molecule has 25 nitrogen and oxygen atoms in total. The van der Waals surface area contributed by atoms with Gasteiger partial charge in [0.25, 0.3) is 0 Å². The van der Waals surface area contributed by atoms with E-state index in [1.54, 1.807) is 48.7 Å². The lowest BCUT2D eigenvalue weighted by Crippen LogP contribution is -2.61. The minimum absolute atomic E-state index is 0.0936. The quantitative estimate of drug-likeness (QED) is 0.0813. The number of hydrogen-bond donors (Lipinski definition) is 7. The second kappa shape index (κ2) is 35.0. The fourth-order valence-corrected chi connectivity index (χ4v) is 17.3. The first kappa shape index (κ1) is 86.3. The number of nitrogens with zero attached hydrogens (tertiary/aromatic N) is 2. The molecular weight excluding hydrogens is 1300 g/mol. The molecule has 0 spiro atoms. The third-order valence-corrected chi connectivity index (χ3v) is 23.8. The van der Waals surface area contributed by atoms with Crippen LogP contribution in [0.1, 0.15) is 203 Å². The lowest BCUT2D eigenvalue weighted by Gasteiger charge is -2.49. The number of esters is 2. The number of cyclic esters (lactones) is 2. The van der Waals surface area contributed by atoms with Gasteiger partial charge >= 0.3 is 11.9 Å². The minimum atomic E-state index is -1.99. The van der Waals surface area contributed by atoms with Gasteiger partial charge in [-0.3, -0.25) is 14.4 Å². The average molecular weight is 1430 g/mol. The zero-order valence-corrected chi connectivity index (χ0v) is 65.4. The van der Waals surface area contributed by atoms with Crippen molar-refractivity contribution in [2.75, 3.05) is 41.9 Å². The molecule has 6 saturated heterocycles. The van der Waals surface area contributed by atoms with Crippen LogP contribution >= 0.6 is 0 Å². The highest BCUT2D eigenvalue weighted by Gasteiger charge is 2.57. The first-order valence-electron chi connectivity index (χ1n) is 37.2. The van der Waals surface area contributed by atoms with E-state index in [0.717, 1.165) is 17.9 Å². The highest BCUT2D eigenvalue weighted by Crippen LogP contribution is 2.48. The highest BCUT2D eigenvalue weighted by atomic mass is 16.7. The van der Waals surface area contributed by atoms with E-state index in [0.29, 0.717) is 38.5 Å². The van der Waals surface area contributed by atoms with Crippen LogP contribution in [0.3, 0.4) is 0 Å². The molecular formula is C75H134N2O23. The van der Waals surface area contributed by atoms with Crippen molar-refractivity contribution in [1.29, 1.82) is 0 Å². The van der Waals surface area contributed by atoms with E-state index >= 15 is 0 Å². The largest absolute Gasteiger partial charge is 0.489 e. The maximum atomic E-state index is 14.1. The fourth-order valence-electron chi connectivity index (χ4n) is 17.3. The van der Waals surface area contributed by atoms with Crippen LogP contribution in [-0.4, -0.2) is 262 Å². The van der Waals surface area contributed by atoms with Crippen LogP contribution in [0.25, 0.3) is 0 Å². The predicted molar refractivity (Wildman–Crippen MR) is 372 cm³/mol. The van der Waals surface area contributed by atoms with E-state index in [1.807, 2.05) is 95.3 Å². The SMILES string of the molecule is CC[C@H]1OC(=O)[C@H](C)[C@@H](OC2C[C@@](C)(OC)C[C@H](C)O2)[C@H](C)[C@@H](OC2O[C@H](C)C[C@H](N(C)CC)[C@H]2O)[C@@]2(C)CC(C)=C(O2)[C@H](C)[C@@H](O)[C@H]1C.CC[C@H]1OC(=O)[C@H](C)[C@@H](O[C@H]2C[C@@](C)(OC)[C@@H](O)[C@H](C)O2)[C@H](C)[C@@H](O[C@@H]2O[C@H](C)C[C@H](N(C)C)[C@H]2O)[C@@](C)(O)C[C@@H](C)C(=O)[C@H](C)[C@@H](O)[C@]1(C)O. The summed E-state index contributed by atoms with van der Waals surface area (Å²) in [5.74, 6) is -6.57. The van der Waals surface area contributed by atoms with Crippen molar-refractivity contribution >= 4 is 17.7 Å². The fraction of sp³-hybridized carbons (Fsp3) is 0.933. The number of aliphatic hydroxyl groups is 7. The summed E-state index contributed by atoms with van der Waals surface area (Å²) in [6.45, 7) is 38.9. The highest BCUT2D eigenvalue weighted by molar-refractivity contribution is 5.83. The zero-order chi connectivity index (χ0) is 75.5. The second-order valence-corrected chi connectivity index (χ2v) is 32.7. The number of rotatable bonds is 15. The van der Waals surface area contributed by atoms with Crippen molar-refractivity contribution in [2.45, 2.75) is 360 Å². The van der Waals surface area contributed by atoms with Gasteiger partial charge in [-0.05, 0) is 148 Å². The normalized spacial score (nSPS) is 48.5. The number of aliphatic hydroxyl groups excluding tert-OH is 5. The number of ketones is 1. The molecule has 6 fully saturated rings. The van der Waals surface area contributed by atoms with Crippen LogP contribution in [-0.2, 0) is 76.0 Å². The Bertz CT molecular complexity index is 2670. The number of ether oxygens (including phenoxy) is 13. The van der Waals surface area contributed by atoms with Gasteiger partial charge in [-0.1, -0.05) is 62.3 Å². The molecule has 0 aliphatic carbocycles. The van der Waals surface area contributed by atoms with Gasteiger partial charge in [-0.2, -0.15) is 0 Å². The third-order valence-electron chi connectivity index (χ3n) is 23.8. The van der Waals surface area contributed by atoms with Crippen molar-refractivity contribution < 1.29 is 112 Å². The summed E-state index contributed by atoms with van der Waals surface area (Å²) < 4.78 is 82.6. The zero-order valence-electron chi connectivity index (χ0n) is 65.4. The van der Waals surface area contributed by atoms with Gasteiger partial charge in [-0.15, -0.1) is 0 Å². The number of Topliss-reactive ketones (excluding diaryl/α,β-unsaturated/α-hetero) is 1. The summed E-state index contributed by atoms with van der Waals surface area (Å²) in [6.07, 6.45) is -12.3. The molecule has 0 aromatic heterocycles. The monoisotopic (exact) mass is 1430 g/mol. The third kappa shape index (κ3) is 19.4. The predicted octanol–water partition coefficient (Wildman–Crippen LogP) is 6.98. The molecule has 0 aromatic carbocycles. The van der Waals surface area contributed by atoms with Crippen molar-refractivity contribution in [2.24, 2.45) is 47.3 Å². The van der Waals surface area contributed by atoms with Crippen LogP contribution in [0.5, 0.6) is 0 Å². The molecule has 2 unspecified atom stereocenters. The Morgan fingerprint density at radius 2 is 1.07 bits per heavy atom. The molecule has 7 aliphatic heterocycles. The second-order valence-electron chi connectivity index (χ2n) is 32.7. The van der Waals surface area contributed by atoms with E-state index in [4.69, 9.17) is 61.6 Å². The summed E-state index contributed by atoms with van der Waals surface area (Å²) in [5.41, 5.74) is -5.21. The van der Waals surface area contributed by atoms with Crippen LogP contribution < -0.4 is 0 Å². The van der Waals surface area contributed by atoms with E-state index in [1.165, 1.54) is 27.9 Å². The van der Waals surface area contributed by atoms with Crippen LogP contribution in [0.15, 0.2) is 11.3 Å². The van der Waals surface area contributed by atoms with E-state index < -0.39 is 180 Å². The number of carbonyl (C=O) groups excluding carboxylic acids is 3. The Hall–Kier alpha value is -2.61. The molecule has 7 rings (SSSR count). The number of fused-ring (bicyclic) bond motifs is 2. The molecule has 0 aromatic rings. The van der Waals surface area contributed by atoms with Crippen molar-refractivity contribution in [3.05, 3.63) is 11.3 Å². The van der Waals surface area contributed by atoms with Gasteiger partial charge in [-0.25, -0.2) is 0 Å². The standard InChI is InChI=1S/C38H67NO10.C37H67NO13/c1-14-28-23(6)30(40)24(7)32-20(3)17-38(11,49-32)34(48-36-31(41)27(39(12)15-2)16-21(4)45-36)25(8)33(26(9)35(42)46-28)47-29-19-37(10,43-13)18-22(5)44-29;1-14-25-37(10,45)30(41)20(4)27(39)18(2)16-35(8,44)32(51-34-28(40)24(38(11)12)15-19(3)47-34)21(5)29(22(6)33(43)49-25)50-26-17-36(9,46-13)31(42)23(7)48-26/h21-31,33-34,36,40-41H,14-19H2,1-13H3;18-26,28-32,34,40-42,44-45H,14-17H2,1-13H3/t21-,22+,23+,24-,25+,26-,27+,28-,29?,30+,31-,33+,34-,36?,37+,38-;18-,19-,20+,21+,22-,23+,24+,25-,26+,28-,29+,30-,31+,32-,34+,35+,36-,37-/m11/s1. The first-order chi connectivity index (χ1) is 46.3. The first-order valence-corrected chi connectivity index (χ1v) is 37.2. The van der Waals surface area contributed by atoms with Gasteiger partial charge in [0.05, 0.1) is 83.6 Å². The number of carbonyl (C=O) groups is 3. The molecule has 34 atom stereocenters. The molecule has 7 N–H and O–H groups in total. The smallest absolute Gasteiger partial charge is 0.311 e. The number of hydrogen-bond acceptors (Lipinski definition) is 25. The topological polar surface area (TPSA) is 319 Å². The Morgan fingerprint density at radius 3 is 1.59 bits per heavy atom. The van der Waals surface area contributed by atoms with Crippen molar-refractivity contribution in [1.82, 2.24) is 9.80 Å². The number of methoxy groups -OCH3 is 2. The molecule has 25 heteroatoms. The molecule has 2 bridgehead atoms. The van der Waals surface area contributed by atoms with E-state index in [-0.39, 0.29) is 61.5 Å². The Balaban J connectivity index is 0.000000315. The Morgan fingerprint density at radius 1 is 0.550 bits per heavy atom.